The summed E-state index contributed by atoms with van der Waals surface area (Å²) >= 11 is 0. The van der Waals surface area contributed by atoms with E-state index in [9.17, 15) is 18.0 Å². The van der Waals surface area contributed by atoms with Crippen LogP contribution in [0.1, 0.15) is 31.2 Å². The second-order valence-corrected chi connectivity index (χ2v) is 6.54. The molecular formula is C18H20F3NO6. The minimum absolute atomic E-state index is 0.0341. The molecule has 0 amide bonds. The Kier molecular flexibility index (Phi) is 5.99. The third-order valence-electron chi connectivity index (χ3n) is 4.31. The summed E-state index contributed by atoms with van der Waals surface area (Å²) in [5, 5.41) is 8.63. The van der Waals surface area contributed by atoms with E-state index in [2.05, 4.69) is 10.2 Å². The molecule has 1 unspecified atom stereocenters. The molecule has 7 nitrogen and oxygen atoms in total. The molecule has 10 heteroatoms. The smallest absolute Gasteiger partial charge is 0.490 e. The van der Waals surface area contributed by atoms with Gasteiger partial charge in [0, 0.05) is 25.0 Å². The Morgan fingerprint density at radius 1 is 1.29 bits per heavy atom. The molecule has 1 aromatic carbocycles. The molecule has 2 aliphatic rings. The summed E-state index contributed by atoms with van der Waals surface area (Å²) in [5.74, 6) is -1.49. The monoisotopic (exact) mass is 403 g/mol. The highest BCUT2D eigenvalue weighted by Gasteiger charge is 2.39. The highest BCUT2D eigenvalue weighted by Crippen LogP contribution is 2.37. The number of alkyl halides is 3. The topological polar surface area (TPSA) is 86.3 Å². The fraction of sp³-hybridized carbons (Fsp3) is 0.500. The number of carboxylic acids is 1. The van der Waals surface area contributed by atoms with E-state index in [1.165, 1.54) is 18.2 Å². The normalized spacial score (nSPS) is 21.5. The van der Waals surface area contributed by atoms with Crippen molar-refractivity contribution in [2.75, 3.05) is 19.8 Å². The predicted molar refractivity (Wildman–Crippen MR) is 90.5 cm³/mol. The first-order valence-electron chi connectivity index (χ1n) is 8.76. The van der Waals surface area contributed by atoms with Crippen molar-refractivity contribution in [1.29, 1.82) is 0 Å². The van der Waals surface area contributed by atoms with E-state index in [-0.39, 0.29) is 18.8 Å². The standard InChI is InChI=1S/C18H20F3NO6/c19-18(20,21)27-14-5-4-12(9-15(14)26-7-2-1-3-16(23)24)13-10-17(28-22-13)6-8-25-11-17/h4-5,9-10,22H,1-3,6-8,11H2,(H,23,24). The number of nitrogens with one attached hydrogen (secondary N) is 1. The molecule has 2 N–H and O–H groups in total. The average molecular weight is 403 g/mol. The van der Waals surface area contributed by atoms with Crippen molar-refractivity contribution in [2.45, 2.75) is 37.6 Å². The van der Waals surface area contributed by atoms with Crippen LogP contribution in [0.5, 0.6) is 11.5 Å². The van der Waals surface area contributed by atoms with Crippen LogP contribution < -0.4 is 15.0 Å². The minimum atomic E-state index is -4.86. The van der Waals surface area contributed by atoms with Crippen molar-refractivity contribution in [2.24, 2.45) is 0 Å². The fourth-order valence-corrected chi connectivity index (χ4v) is 2.94. The average Bonchev–Trinajstić information content (AvgIpc) is 3.24. The van der Waals surface area contributed by atoms with Crippen LogP contribution in [-0.2, 0) is 14.4 Å². The molecule has 2 aliphatic heterocycles. The van der Waals surface area contributed by atoms with Crippen molar-refractivity contribution in [1.82, 2.24) is 5.48 Å². The van der Waals surface area contributed by atoms with Gasteiger partial charge in [0.2, 0.25) is 0 Å². The number of ether oxygens (including phenoxy) is 3. The van der Waals surface area contributed by atoms with E-state index >= 15 is 0 Å². The molecule has 154 valence electrons. The van der Waals surface area contributed by atoms with Crippen molar-refractivity contribution in [3.63, 3.8) is 0 Å². The van der Waals surface area contributed by atoms with Gasteiger partial charge in [-0.15, -0.1) is 13.2 Å². The number of carboxylic acid groups (broad SMARTS) is 1. The van der Waals surface area contributed by atoms with E-state index in [0.29, 0.717) is 43.7 Å². The van der Waals surface area contributed by atoms with Crippen LogP contribution in [0.15, 0.2) is 24.3 Å². The van der Waals surface area contributed by atoms with Crippen LogP contribution in [0.3, 0.4) is 0 Å². The minimum Gasteiger partial charge on any atom is -0.490 e. The van der Waals surface area contributed by atoms with Crippen LogP contribution >= 0.6 is 0 Å². The number of hydrogen-bond donors (Lipinski definition) is 2. The Bertz CT molecular complexity index is 743. The van der Waals surface area contributed by atoms with Crippen molar-refractivity contribution in [3.05, 3.63) is 29.8 Å². The van der Waals surface area contributed by atoms with Gasteiger partial charge in [-0.25, -0.2) is 0 Å². The van der Waals surface area contributed by atoms with Gasteiger partial charge in [-0.05, 0) is 37.1 Å². The summed E-state index contributed by atoms with van der Waals surface area (Å²) in [6.45, 7) is 1.02. The number of hydrogen-bond acceptors (Lipinski definition) is 6. The number of aliphatic carboxylic acids is 1. The van der Waals surface area contributed by atoms with Gasteiger partial charge in [0.25, 0.3) is 0 Å². The highest BCUT2D eigenvalue weighted by atomic mass is 19.4. The van der Waals surface area contributed by atoms with E-state index in [1.807, 2.05) is 6.08 Å². The Morgan fingerprint density at radius 2 is 2.11 bits per heavy atom. The Labute approximate surface area is 159 Å². The largest absolute Gasteiger partial charge is 0.573 e. The number of benzene rings is 1. The zero-order valence-corrected chi connectivity index (χ0v) is 14.9. The van der Waals surface area contributed by atoms with Crippen LogP contribution in [0, 0.1) is 0 Å². The quantitative estimate of drug-likeness (QED) is 0.645. The predicted octanol–water partition coefficient (Wildman–Crippen LogP) is 3.25. The molecule has 0 aromatic heterocycles. The van der Waals surface area contributed by atoms with Crippen LogP contribution in [-0.4, -0.2) is 42.9 Å². The first-order chi connectivity index (χ1) is 13.3. The van der Waals surface area contributed by atoms with Crippen molar-refractivity contribution < 1.29 is 42.1 Å². The third-order valence-corrected chi connectivity index (χ3v) is 4.31. The molecule has 28 heavy (non-hydrogen) atoms. The van der Waals surface area contributed by atoms with E-state index in [0.717, 1.165) is 0 Å². The van der Waals surface area contributed by atoms with E-state index in [1.54, 1.807) is 0 Å². The van der Waals surface area contributed by atoms with E-state index in [4.69, 9.17) is 19.4 Å². The van der Waals surface area contributed by atoms with Crippen LogP contribution in [0.2, 0.25) is 0 Å². The molecule has 1 saturated heterocycles. The molecule has 3 rings (SSSR count). The molecule has 0 radical (unpaired) electrons. The first kappa shape index (κ1) is 20.3. The van der Waals surface area contributed by atoms with Crippen LogP contribution in [0.25, 0.3) is 5.70 Å². The number of rotatable bonds is 8. The van der Waals surface area contributed by atoms with Gasteiger partial charge in [-0.3, -0.25) is 15.1 Å². The molecule has 0 saturated carbocycles. The van der Waals surface area contributed by atoms with Gasteiger partial charge in [-0.1, -0.05) is 0 Å². The summed E-state index contributed by atoms with van der Waals surface area (Å²) in [4.78, 5) is 16.1. The lowest BCUT2D eigenvalue weighted by atomic mass is 10.0. The van der Waals surface area contributed by atoms with Gasteiger partial charge < -0.3 is 19.3 Å². The first-order valence-corrected chi connectivity index (χ1v) is 8.76. The number of hydroxylamine groups is 1. The lowest BCUT2D eigenvalue weighted by molar-refractivity contribution is -0.275. The van der Waals surface area contributed by atoms with Crippen molar-refractivity contribution >= 4 is 11.7 Å². The molecule has 1 spiro atoms. The van der Waals surface area contributed by atoms with Crippen molar-refractivity contribution in [3.8, 4) is 11.5 Å². The lowest BCUT2D eigenvalue weighted by Crippen LogP contribution is -2.29. The Hall–Kier alpha value is -2.46. The maximum Gasteiger partial charge on any atom is 0.573 e. The number of carbonyl (C=O) groups is 1. The fourth-order valence-electron chi connectivity index (χ4n) is 2.94. The summed E-state index contributed by atoms with van der Waals surface area (Å²) in [7, 11) is 0. The van der Waals surface area contributed by atoms with Crippen LogP contribution in [0.4, 0.5) is 13.2 Å². The van der Waals surface area contributed by atoms with Gasteiger partial charge in [0.05, 0.1) is 18.9 Å². The molecule has 0 bridgehead atoms. The SMILES string of the molecule is O=C(O)CCCCOc1cc(C2=CC3(CCOC3)ON2)ccc1OC(F)(F)F. The third kappa shape index (κ3) is 5.29. The van der Waals surface area contributed by atoms with Gasteiger partial charge in [0.15, 0.2) is 11.5 Å². The Balaban J connectivity index is 1.74. The molecule has 0 aliphatic carbocycles. The lowest BCUT2D eigenvalue weighted by Gasteiger charge is -2.16. The summed E-state index contributed by atoms with van der Waals surface area (Å²) in [6, 6.07) is 4.07. The van der Waals surface area contributed by atoms with Gasteiger partial charge in [-0.2, -0.15) is 0 Å². The zero-order valence-electron chi connectivity index (χ0n) is 14.9. The zero-order chi connectivity index (χ0) is 20.2. The molecule has 1 fully saturated rings. The Morgan fingerprint density at radius 3 is 2.79 bits per heavy atom. The highest BCUT2D eigenvalue weighted by molar-refractivity contribution is 5.68. The van der Waals surface area contributed by atoms with E-state index < -0.39 is 23.7 Å². The molecule has 1 atom stereocenters. The maximum absolute atomic E-state index is 12.7. The van der Waals surface area contributed by atoms with Gasteiger partial charge in [0.1, 0.15) is 5.60 Å². The second kappa shape index (κ2) is 8.27. The van der Waals surface area contributed by atoms with Gasteiger partial charge >= 0.3 is 12.3 Å². The summed E-state index contributed by atoms with van der Waals surface area (Å²) in [6.07, 6.45) is -1.64. The summed E-state index contributed by atoms with van der Waals surface area (Å²) < 4.78 is 52.8. The summed E-state index contributed by atoms with van der Waals surface area (Å²) in [5.41, 5.74) is 3.38. The number of halogens is 3. The number of unbranched alkanes of at least 4 members (excludes halogenated alkanes) is 1. The second-order valence-electron chi connectivity index (χ2n) is 6.54. The molecular weight excluding hydrogens is 383 g/mol. The maximum atomic E-state index is 12.7. The molecule has 1 aromatic rings. The molecule has 2 heterocycles.